The van der Waals surface area contributed by atoms with Gasteiger partial charge in [0.05, 0.1) is 43.5 Å². The number of hydrogen-bond donors (Lipinski definition) is 1. The van der Waals surface area contributed by atoms with Crippen molar-refractivity contribution in [1.29, 1.82) is 0 Å². The minimum Gasteiger partial charge on any atom is -0.497 e. The molecule has 3 aromatic rings. The second-order valence-corrected chi connectivity index (χ2v) is 16.3. The third kappa shape index (κ3) is 5.60. The zero-order valence-corrected chi connectivity index (χ0v) is 28.2. The molecule has 13 heteroatoms. The van der Waals surface area contributed by atoms with Crippen LogP contribution in [0.15, 0.2) is 36.4 Å². The van der Waals surface area contributed by atoms with Crippen LogP contribution < -0.4 is 9.46 Å². The third-order valence-electron chi connectivity index (χ3n) is 11.5. The van der Waals surface area contributed by atoms with E-state index in [0.29, 0.717) is 37.4 Å². The Labute approximate surface area is 283 Å². The maximum absolute atomic E-state index is 15.0. The van der Waals surface area contributed by atoms with E-state index < -0.39 is 33.3 Å². The monoisotopic (exact) mass is 699 g/mol. The van der Waals surface area contributed by atoms with Gasteiger partial charge in [0.15, 0.2) is 5.75 Å². The molecule has 2 aliphatic carbocycles. The fourth-order valence-electron chi connectivity index (χ4n) is 9.30. The van der Waals surface area contributed by atoms with E-state index in [4.69, 9.17) is 9.47 Å². The summed E-state index contributed by atoms with van der Waals surface area (Å²) in [6.07, 6.45) is 3.77. The summed E-state index contributed by atoms with van der Waals surface area (Å²) >= 11 is 0. The lowest BCUT2D eigenvalue weighted by Gasteiger charge is -2.47. The van der Waals surface area contributed by atoms with E-state index in [0.717, 1.165) is 79.1 Å². The SMILES string of the molecule is COc1ccc2c(c1)C1CC1(C(=O)N1[C@@H]3CCC[C@H]1COC3)Cn1c-2c(C2CCCCC2)c2ccc(C(=O)NS(=O)(=O)CC(F)(F)F)cc21. The molecule has 1 aromatic heterocycles. The summed E-state index contributed by atoms with van der Waals surface area (Å²) < 4.78 is 78.7. The first kappa shape index (κ1) is 32.6. The lowest BCUT2D eigenvalue weighted by Crippen LogP contribution is -2.59. The van der Waals surface area contributed by atoms with E-state index in [2.05, 4.69) is 21.6 Å². The number of piperidine rings is 1. The number of fused-ring (bicyclic) bond motifs is 9. The number of nitrogens with zero attached hydrogens (tertiary/aromatic N) is 2. The second kappa shape index (κ2) is 11.8. The molecule has 262 valence electrons. The first-order valence-corrected chi connectivity index (χ1v) is 18.9. The fraction of sp³-hybridized carbons (Fsp3) is 0.556. The molecule has 9 nitrogen and oxygen atoms in total. The van der Waals surface area contributed by atoms with Crippen LogP contribution >= 0.6 is 0 Å². The number of aromatic nitrogens is 1. The Hall–Kier alpha value is -3.58. The van der Waals surface area contributed by atoms with Crippen molar-refractivity contribution < 1.29 is 40.7 Å². The number of benzene rings is 2. The number of carbonyl (C=O) groups excluding carboxylic acids is 2. The van der Waals surface area contributed by atoms with Gasteiger partial charge < -0.3 is 18.9 Å². The number of methoxy groups -OCH3 is 1. The van der Waals surface area contributed by atoms with E-state index in [9.17, 15) is 31.2 Å². The molecule has 0 spiro atoms. The number of rotatable bonds is 6. The topological polar surface area (TPSA) is 107 Å². The Morgan fingerprint density at radius 1 is 1.00 bits per heavy atom. The highest BCUT2D eigenvalue weighted by atomic mass is 32.2. The molecule has 2 amide bonds. The first-order valence-electron chi connectivity index (χ1n) is 17.3. The number of ether oxygens (including phenoxy) is 2. The van der Waals surface area contributed by atoms with Crippen molar-refractivity contribution in [2.75, 3.05) is 26.1 Å². The molecule has 2 saturated heterocycles. The molecule has 3 aliphatic heterocycles. The Kier molecular flexibility index (Phi) is 7.82. The van der Waals surface area contributed by atoms with Crippen LogP contribution in [0.25, 0.3) is 22.2 Å². The highest BCUT2D eigenvalue weighted by molar-refractivity contribution is 7.90. The molecule has 2 aromatic carbocycles. The minimum absolute atomic E-state index is 0.0243. The number of carbonyl (C=O) groups is 2. The van der Waals surface area contributed by atoms with Crippen LogP contribution in [0.2, 0.25) is 0 Å². The molecule has 49 heavy (non-hydrogen) atoms. The van der Waals surface area contributed by atoms with Crippen molar-refractivity contribution in [2.45, 2.75) is 94.4 Å². The zero-order valence-electron chi connectivity index (χ0n) is 27.4. The van der Waals surface area contributed by atoms with Gasteiger partial charge in [0.2, 0.25) is 15.9 Å². The fourth-order valence-corrected chi connectivity index (χ4v) is 10.2. The molecule has 4 atom stereocenters. The molecule has 5 aliphatic rings. The van der Waals surface area contributed by atoms with Crippen molar-refractivity contribution in [3.05, 3.63) is 53.1 Å². The van der Waals surface area contributed by atoms with Gasteiger partial charge in [-0.3, -0.25) is 9.59 Å². The number of morpholine rings is 1. The number of halogens is 3. The molecule has 4 heterocycles. The molecule has 2 unspecified atom stereocenters. The van der Waals surface area contributed by atoms with Gasteiger partial charge in [-0.2, -0.15) is 13.2 Å². The summed E-state index contributed by atoms with van der Waals surface area (Å²) in [5.41, 5.74) is 4.05. The number of sulfonamides is 1. The predicted octanol–water partition coefficient (Wildman–Crippen LogP) is 6.25. The Balaban J connectivity index is 1.30. The molecule has 8 rings (SSSR count). The Bertz CT molecular complexity index is 1930. The van der Waals surface area contributed by atoms with Gasteiger partial charge >= 0.3 is 6.18 Å². The Morgan fingerprint density at radius 2 is 1.73 bits per heavy atom. The third-order valence-corrected chi connectivity index (χ3v) is 12.7. The van der Waals surface area contributed by atoms with Crippen LogP contribution in [-0.4, -0.2) is 74.0 Å². The first-order chi connectivity index (χ1) is 23.4. The van der Waals surface area contributed by atoms with Crippen molar-refractivity contribution >= 4 is 32.7 Å². The van der Waals surface area contributed by atoms with Gasteiger partial charge in [0, 0.05) is 34.5 Å². The summed E-state index contributed by atoms with van der Waals surface area (Å²) in [6, 6.07) is 10.9. The van der Waals surface area contributed by atoms with Crippen LogP contribution in [0.1, 0.15) is 91.1 Å². The van der Waals surface area contributed by atoms with Gasteiger partial charge in [-0.1, -0.05) is 25.3 Å². The normalized spacial score (nSPS) is 26.7. The van der Waals surface area contributed by atoms with Crippen LogP contribution in [0.3, 0.4) is 0 Å². The van der Waals surface area contributed by atoms with Gasteiger partial charge in [0.1, 0.15) is 5.75 Å². The Morgan fingerprint density at radius 3 is 2.43 bits per heavy atom. The second-order valence-electron chi connectivity index (χ2n) is 14.6. The van der Waals surface area contributed by atoms with Crippen molar-refractivity contribution in [3.8, 4) is 17.0 Å². The van der Waals surface area contributed by atoms with Gasteiger partial charge in [-0.15, -0.1) is 0 Å². The number of alkyl halides is 3. The van der Waals surface area contributed by atoms with E-state index in [1.165, 1.54) is 6.07 Å². The summed E-state index contributed by atoms with van der Waals surface area (Å²) in [5, 5.41) is 0.906. The molecule has 4 fully saturated rings. The van der Waals surface area contributed by atoms with Crippen molar-refractivity contribution in [2.24, 2.45) is 5.41 Å². The quantitative estimate of drug-likeness (QED) is 0.326. The minimum atomic E-state index is -5.00. The van der Waals surface area contributed by atoms with Crippen LogP contribution in [0.4, 0.5) is 13.2 Å². The van der Waals surface area contributed by atoms with E-state index in [-0.39, 0.29) is 35.4 Å². The van der Waals surface area contributed by atoms with Crippen LogP contribution in [0, 0.1) is 5.41 Å². The average Bonchev–Trinajstić information content (AvgIpc) is 3.72. The highest BCUT2D eigenvalue weighted by Gasteiger charge is 2.65. The van der Waals surface area contributed by atoms with Gasteiger partial charge in [0.25, 0.3) is 5.91 Å². The largest absolute Gasteiger partial charge is 0.497 e. The molecular weight excluding hydrogens is 659 g/mol. The average molecular weight is 700 g/mol. The van der Waals surface area contributed by atoms with Crippen LogP contribution in [0.5, 0.6) is 5.75 Å². The standard InChI is InChI=1S/C36H40F3N3O6S/c1-47-25-11-13-26-28(15-25)29-16-35(29,34(44)42-23-8-5-9-24(42)18-48-17-23)19-41-30-14-22(33(43)40-49(45,46)20-36(37,38)39)10-12-27(30)31(32(26)41)21-6-3-2-4-7-21/h10-15,21,23-24,29H,2-9,16-20H2,1H3,(H,40,43)/t23-,24+,29?,35?. The maximum atomic E-state index is 15.0. The molecule has 2 bridgehead atoms. The maximum Gasteiger partial charge on any atom is 0.404 e. The number of nitrogens with one attached hydrogen (secondary N) is 1. The molecule has 2 saturated carbocycles. The lowest BCUT2D eigenvalue weighted by molar-refractivity contribution is -0.157. The molecule has 0 radical (unpaired) electrons. The zero-order chi connectivity index (χ0) is 34.3. The summed E-state index contributed by atoms with van der Waals surface area (Å²) in [4.78, 5) is 30.3. The summed E-state index contributed by atoms with van der Waals surface area (Å²) in [5.74, 6) is -2.29. The van der Waals surface area contributed by atoms with Gasteiger partial charge in [-0.05, 0) is 85.9 Å². The molecular formula is C36H40F3N3O6S. The van der Waals surface area contributed by atoms with Crippen molar-refractivity contribution in [3.63, 3.8) is 0 Å². The van der Waals surface area contributed by atoms with Crippen LogP contribution in [-0.2, 0) is 26.1 Å². The van der Waals surface area contributed by atoms with E-state index >= 15 is 0 Å². The van der Waals surface area contributed by atoms with E-state index in [1.54, 1.807) is 24.0 Å². The highest BCUT2D eigenvalue weighted by Crippen LogP contribution is 2.66. The lowest BCUT2D eigenvalue weighted by atomic mass is 9.81. The number of amides is 2. The van der Waals surface area contributed by atoms with Gasteiger partial charge in [-0.25, -0.2) is 13.1 Å². The predicted molar refractivity (Wildman–Crippen MR) is 176 cm³/mol. The number of hydrogen-bond acceptors (Lipinski definition) is 6. The van der Waals surface area contributed by atoms with Crippen molar-refractivity contribution in [1.82, 2.24) is 14.2 Å². The summed E-state index contributed by atoms with van der Waals surface area (Å²) in [7, 11) is -3.34. The molecule has 1 N–H and O–H groups in total. The smallest absolute Gasteiger partial charge is 0.404 e. The summed E-state index contributed by atoms with van der Waals surface area (Å²) in [6.45, 7) is 1.40. The van der Waals surface area contributed by atoms with E-state index in [1.807, 2.05) is 6.07 Å².